The number of nitrogens with one attached hydrogen (secondary N) is 3. The molecule has 0 atom stereocenters. The zero-order chi connectivity index (χ0) is 17.4. The van der Waals surface area contributed by atoms with Crippen molar-refractivity contribution in [2.45, 2.75) is 19.9 Å². The van der Waals surface area contributed by atoms with Crippen molar-refractivity contribution in [2.24, 2.45) is 4.99 Å². The molecule has 0 radical (unpaired) electrons. The first-order valence-electron chi connectivity index (χ1n) is 7.76. The molecule has 0 aliphatic heterocycles. The van der Waals surface area contributed by atoms with Gasteiger partial charge in [-0.2, -0.15) is 0 Å². The van der Waals surface area contributed by atoms with Crippen LogP contribution in [0.25, 0.3) is 5.65 Å². The highest BCUT2D eigenvalue weighted by molar-refractivity contribution is 7.89. The van der Waals surface area contributed by atoms with Gasteiger partial charge < -0.3 is 10.6 Å². The van der Waals surface area contributed by atoms with Gasteiger partial charge in [0.15, 0.2) is 17.4 Å². The third-order valence-electron chi connectivity index (χ3n) is 3.37. The van der Waals surface area contributed by atoms with E-state index >= 15 is 0 Å². The van der Waals surface area contributed by atoms with Crippen LogP contribution in [0.15, 0.2) is 29.4 Å². The summed E-state index contributed by atoms with van der Waals surface area (Å²) >= 11 is 0. The summed E-state index contributed by atoms with van der Waals surface area (Å²) in [7, 11) is -1.45. The van der Waals surface area contributed by atoms with Gasteiger partial charge in [-0.3, -0.25) is 9.39 Å². The van der Waals surface area contributed by atoms with E-state index in [9.17, 15) is 8.42 Å². The molecule has 0 aliphatic rings. The second-order valence-electron chi connectivity index (χ2n) is 5.05. The molecule has 2 aromatic rings. The maximum absolute atomic E-state index is 11.3. The molecule has 2 aromatic heterocycles. The molecular formula is C14H23N7O2S. The van der Waals surface area contributed by atoms with E-state index in [0.717, 1.165) is 11.5 Å². The highest BCUT2D eigenvalue weighted by Gasteiger charge is 2.06. The van der Waals surface area contributed by atoms with E-state index in [0.29, 0.717) is 32.0 Å². The van der Waals surface area contributed by atoms with Crippen molar-refractivity contribution in [3.8, 4) is 0 Å². The summed E-state index contributed by atoms with van der Waals surface area (Å²) in [6, 6.07) is 5.72. The number of sulfonamides is 1. The number of pyridine rings is 1. The average Bonchev–Trinajstić information content (AvgIpc) is 3.00. The zero-order valence-corrected chi connectivity index (χ0v) is 14.7. The van der Waals surface area contributed by atoms with Crippen LogP contribution in [-0.2, 0) is 16.6 Å². The lowest BCUT2D eigenvalue weighted by molar-refractivity contribution is 0.579. The minimum absolute atomic E-state index is 0.0932. The topological polar surface area (TPSA) is 113 Å². The van der Waals surface area contributed by atoms with E-state index in [1.165, 1.54) is 0 Å². The van der Waals surface area contributed by atoms with Crippen molar-refractivity contribution in [1.82, 2.24) is 30.0 Å². The molecule has 0 fully saturated rings. The molecule has 2 heterocycles. The maximum atomic E-state index is 11.3. The van der Waals surface area contributed by atoms with E-state index in [1.807, 2.05) is 28.8 Å². The largest absolute Gasteiger partial charge is 0.356 e. The average molecular weight is 353 g/mol. The van der Waals surface area contributed by atoms with Crippen LogP contribution in [0.4, 0.5) is 0 Å². The number of guanidine groups is 1. The predicted octanol–water partition coefficient (Wildman–Crippen LogP) is -0.276. The lowest BCUT2D eigenvalue weighted by Gasteiger charge is -2.11. The number of aliphatic imine (C=N–C) groups is 1. The fraction of sp³-hybridized carbons (Fsp3) is 0.500. The minimum atomic E-state index is -3.13. The molecule has 0 spiro atoms. The SMILES string of the molecule is CCS(=O)(=O)NCCCNC(=NC)NCc1nnc2ccccn12. The van der Waals surface area contributed by atoms with E-state index in [4.69, 9.17) is 0 Å². The van der Waals surface area contributed by atoms with Crippen molar-refractivity contribution in [2.75, 3.05) is 25.9 Å². The Morgan fingerprint density at radius 3 is 2.83 bits per heavy atom. The van der Waals surface area contributed by atoms with Crippen LogP contribution in [0, 0.1) is 0 Å². The van der Waals surface area contributed by atoms with E-state index < -0.39 is 10.0 Å². The summed E-state index contributed by atoms with van der Waals surface area (Å²) in [5, 5.41) is 14.5. The van der Waals surface area contributed by atoms with Gasteiger partial charge in [0.1, 0.15) is 0 Å². The van der Waals surface area contributed by atoms with Crippen LogP contribution >= 0.6 is 0 Å². The Bertz CT molecular complexity index is 785. The van der Waals surface area contributed by atoms with Gasteiger partial charge >= 0.3 is 0 Å². The Morgan fingerprint density at radius 2 is 2.08 bits per heavy atom. The molecule has 10 heteroatoms. The number of hydrogen-bond donors (Lipinski definition) is 3. The molecule has 0 saturated heterocycles. The standard InChI is InChI=1S/C14H23N7O2S/c1-3-24(22,23)18-9-6-8-16-14(15-2)17-11-13-20-19-12-7-4-5-10-21(12)13/h4-5,7,10,18H,3,6,8-9,11H2,1-2H3,(H2,15,16,17). The van der Waals surface area contributed by atoms with Crippen LogP contribution in [0.5, 0.6) is 0 Å². The number of rotatable bonds is 8. The molecule has 0 bridgehead atoms. The number of aromatic nitrogens is 3. The third kappa shape index (κ3) is 5.17. The molecule has 0 amide bonds. The van der Waals surface area contributed by atoms with E-state index in [1.54, 1.807) is 14.0 Å². The molecule has 0 aromatic carbocycles. The lowest BCUT2D eigenvalue weighted by atomic mass is 10.4. The monoisotopic (exact) mass is 353 g/mol. The van der Waals surface area contributed by atoms with Crippen molar-refractivity contribution < 1.29 is 8.42 Å². The summed E-state index contributed by atoms with van der Waals surface area (Å²) in [6.45, 7) is 3.09. The van der Waals surface area contributed by atoms with E-state index in [2.05, 4.69) is 30.5 Å². The predicted molar refractivity (Wildman–Crippen MR) is 93.3 cm³/mol. The minimum Gasteiger partial charge on any atom is -0.356 e. The highest BCUT2D eigenvalue weighted by Crippen LogP contribution is 2.02. The Balaban J connectivity index is 1.75. The van der Waals surface area contributed by atoms with Gasteiger partial charge in [0, 0.05) is 26.3 Å². The van der Waals surface area contributed by atoms with Gasteiger partial charge in [0.05, 0.1) is 12.3 Å². The Labute approximate surface area is 141 Å². The van der Waals surface area contributed by atoms with Crippen LogP contribution in [0.1, 0.15) is 19.2 Å². The number of nitrogens with zero attached hydrogens (tertiary/aromatic N) is 4. The van der Waals surface area contributed by atoms with Crippen LogP contribution < -0.4 is 15.4 Å². The van der Waals surface area contributed by atoms with Gasteiger partial charge in [-0.05, 0) is 25.5 Å². The van der Waals surface area contributed by atoms with Gasteiger partial charge in [-0.1, -0.05) is 6.07 Å². The first kappa shape index (κ1) is 18.1. The quantitative estimate of drug-likeness (QED) is 0.342. The van der Waals surface area contributed by atoms with Crippen LogP contribution in [-0.4, -0.2) is 54.9 Å². The van der Waals surface area contributed by atoms with Gasteiger partial charge in [0.2, 0.25) is 10.0 Å². The molecule has 132 valence electrons. The van der Waals surface area contributed by atoms with Crippen molar-refractivity contribution in [3.05, 3.63) is 30.2 Å². The van der Waals surface area contributed by atoms with Crippen molar-refractivity contribution in [3.63, 3.8) is 0 Å². The fourth-order valence-electron chi connectivity index (χ4n) is 2.02. The second kappa shape index (κ2) is 8.60. The second-order valence-corrected chi connectivity index (χ2v) is 7.14. The van der Waals surface area contributed by atoms with Crippen LogP contribution in [0.2, 0.25) is 0 Å². The van der Waals surface area contributed by atoms with E-state index in [-0.39, 0.29) is 5.75 Å². The zero-order valence-electron chi connectivity index (χ0n) is 13.9. The molecule has 2 rings (SSSR count). The maximum Gasteiger partial charge on any atom is 0.211 e. The smallest absolute Gasteiger partial charge is 0.211 e. The highest BCUT2D eigenvalue weighted by atomic mass is 32.2. The fourth-order valence-corrected chi connectivity index (χ4v) is 2.68. The Kier molecular flexibility index (Phi) is 6.50. The summed E-state index contributed by atoms with van der Waals surface area (Å²) in [4.78, 5) is 4.13. The summed E-state index contributed by atoms with van der Waals surface area (Å²) < 4.78 is 27.0. The number of hydrogen-bond acceptors (Lipinski definition) is 5. The summed E-state index contributed by atoms with van der Waals surface area (Å²) in [6.07, 6.45) is 2.57. The van der Waals surface area contributed by atoms with Gasteiger partial charge in [-0.25, -0.2) is 13.1 Å². The molecule has 24 heavy (non-hydrogen) atoms. The first-order valence-corrected chi connectivity index (χ1v) is 9.41. The first-order chi connectivity index (χ1) is 11.6. The molecule has 9 nitrogen and oxygen atoms in total. The Morgan fingerprint density at radius 1 is 1.25 bits per heavy atom. The van der Waals surface area contributed by atoms with Gasteiger partial charge in [-0.15, -0.1) is 10.2 Å². The van der Waals surface area contributed by atoms with Gasteiger partial charge in [0.25, 0.3) is 0 Å². The van der Waals surface area contributed by atoms with Crippen molar-refractivity contribution in [1.29, 1.82) is 0 Å². The Hall–Kier alpha value is -2.20. The summed E-state index contributed by atoms with van der Waals surface area (Å²) in [5.41, 5.74) is 0.792. The molecule has 0 saturated carbocycles. The normalized spacial score (nSPS) is 12.5. The molecule has 0 aliphatic carbocycles. The molecule has 0 unspecified atom stereocenters. The summed E-state index contributed by atoms with van der Waals surface area (Å²) in [5.74, 6) is 1.50. The van der Waals surface area contributed by atoms with Crippen LogP contribution in [0.3, 0.4) is 0 Å². The molecule has 3 N–H and O–H groups in total. The lowest BCUT2D eigenvalue weighted by Crippen LogP contribution is -2.38. The number of fused-ring (bicyclic) bond motifs is 1. The van der Waals surface area contributed by atoms with Crippen molar-refractivity contribution >= 4 is 21.6 Å². The molecular weight excluding hydrogens is 330 g/mol. The third-order valence-corrected chi connectivity index (χ3v) is 4.77.